The predicted octanol–water partition coefficient (Wildman–Crippen LogP) is 2.19. The molecule has 4 heteroatoms. The van der Waals surface area contributed by atoms with Gasteiger partial charge in [-0.25, -0.2) is 0 Å². The molecule has 19 heavy (non-hydrogen) atoms. The smallest absolute Gasteiger partial charge is 0.307 e. The zero-order chi connectivity index (χ0) is 14.5. The van der Waals surface area contributed by atoms with Crippen molar-refractivity contribution in [3.8, 4) is 0 Å². The summed E-state index contributed by atoms with van der Waals surface area (Å²) in [4.78, 5) is 23.8. The highest BCUT2D eigenvalue weighted by Crippen LogP contribution is 2.11. The summed E-state index contributed by atoms with van der Waals surface area (Å²) in [6, 6.07) is 8.38. The van der Waals surface area contributed by atoms with Gasteiger partial charge in [-0.15, -0.1) is 0 Å². The Morgan fingerprint density at radius 2 is 1.79 bits per heavy atom. The van der Waals surface area contributed by atoms with Gasteiger partial charge in [-0.3, -0.25) is 9.59 Å². The maximum absolute atomic E-state index is 12.4. The minimum absolute atomic E-state index is 0.0293. The molecule has 0 aromatic heterocycles. The highest BCUT2D eigenvalue weighted by atomic mass is 16.5. The summed E-state index contributed by atoms with van der Waals surface area (Å²) in [6.45, 7) is 5.86. The van der Waals surface area contributed by atoms with Crippen LogP contribution in [0.4, 0.5) is 0 Å². The fraction of sp³-hybridized carbons (Fsp3) is 0.467. The number of ether oxygens (including phenoxy) is 1. The predicted molar refractivity (Wildman–Crippen MR) is 74.1 cm³/mol. The van der Waals surface area contributed by atoms with Crippen molar-refractivity contribution in [3.05, 3.63) is 35.9 Å². The van der Waals surface area contributed by atoms with Gasteiger partial charge in [0.2, 0.25) is 0 Å². The Balaban J connectivity index is 2.89. The first-order chi connectivity index (χ1) is 8.83. The van der Waals surface area contributed by atoms with Gasteiger partial charge in [0.25, 0.3) is 0 Å². The van der Waals surface area contributed by atoms with Crippen LogP contribution in [0.3, 0.4) is 0 Å². The number of carbonyl (C=O) groups is 2. The first-order valence-electron chi connectivity index (χ1n) is 6.27. The molecule has 1 atom stereocenters. The molecule has 0 radical (unpaired) electrons. The molecule has 0 fully saturated rings. The van der Waals surface area contributed by atoms with Gasteiger partial charge in [0.05, 0.1) is 19.6 Å². The largest absolute Gasteiger partial charge is 0.469 e. The molecular formula is C15H21NO3. The van der Waals surface area contributed by atoms with E-state index in [1.165, 1.54) is 7.11 Å². The Morgan fingerprint density at radius 3 is 2.26 bits per heavy atom. The van der Waals surface area contributed by atoms with Crippen LogP contribution in [0, 0.1) is 0 Å². The Bertz CT molecular complexity index is 434. The van der Waals surface area contributed by atoms with Crippen LogP contribution in [0.5, 0.6) is 0 Å². The molecule has 104 valence electrons. The number of esters is 1. The highest BCUT2D eigenvalue weighted by Gasteiger charge is 2.27. The average Bonchev–Trinajstić information content (AvgIpc) is 2.36. The van der Waals surface area contributed by atoms with Crippen LogP contribution < -0.4 is 5.32 Å². The third kappa shape index (κ3) is 5.22. The molecule has 0 heterocycles. The summed E-state index contributed by atoms with van der Waals surface area (Å²) in [5, 5.41) is 3.17. The van der Waals surface area contributed by atoms with E-state index in [1.807, 2.05) is 26.8 Å². The van der Waals surface area contributed by atoms with Crippen molar-refractivity contribution < 1.29 is 14.3 Å². The number of hydrogen-bond donors (Lipinski definition) is 1. The monoisotopic (exact) mass is 263 g/mol. The second-order valence-electron chi connectivity index (χ2n) is 5.46. The van der Waals surface area contributed by atoms with Gasteiger partial charge in [0, 0.05) is 11.1 Å². The van der Waals surface area contributed by atoms with Crippen molar-refractivity contribution in [2.75, 3.05) is 7.11 Å². The van der Waals surface area contributed by atoms with Crippen LogP contribution >= 0.6 is 0 Å². The van der Waals surface area contributed by atoms with Crippen molar-refractivity contribution in [2.24, 2.45) is 0 Å². The fourth-order valence-electron chi connectivity index (χ4n) is 1.79. The lowest BCUT2D eigenvalue weighted by Crippen LogP contribution is -2.48. The summed E-state index contributed by atoms with van der Waals surface area (Å²) < 4.78 is 4.65. The maximum atomic E-state index is 12.4. The molecule has 1 N–H and O–H groups in total. The van der Waals surface area contributed by atoms with E-state index >= 15 is 0 Å². The molecule has 4 nitrogen and oxygen atoms in total. The lowest BCUT2D eigenvalue weighted by Gasteiger charge is -2.27. The van der Waals surface area contributed by atoms with Gasteiger partial charge in [-0.05, 0) is 20.8 Å². The van der Waals surface area contributed by atoms with Gasteiger partial charge in [-0.2, -0.15) is 0 Å². The first-order valence-corrected chi connectivity index (χ1v) is 6.27. The minimum Gasteiger partial charge on any atom is -0.469 e. The number of Topliss-reactive ketones (excluding diaryl/α,β-unsaturated/α-hetero) is 1. The van der Waals surface area contributed by atoms with Crippen LogP contribution in [0.2, 0.25) is 0 Å². The molecule has 0 saturated carbocycles. The molecule has 1 unspecified atom stereocenters. The number of benzene rings is 1. The lowest BCUT2D eigenvalue weighted by molar-refractivity contribution is -0.141. The number of rotatable bonds is 5. The Morgan fingerprint density at radius 1 is 1.21 bits per heavy atom. The summed E-state index contributed by atoms with van der Waals surface area (Å²) in [5.41, 5.74) is 0.330. The minimum atomic E-state index is -0.574. The number of ketones is 1. The van der Waals surface area contributed by atoms with Crippen molar-refractivity contribution in [2.45, 2.75) is 38.8 Å². The summed E-state index contributed by atoms with van der Waals surface area (Å²) in [5.74, 6) is -0.494. The quantitative estimate of drug-likeness (QED) is 0.653. The Kier molecular flexibility index (Phi) is 5.24. The molecule has 0 bridgehead atoms. The van der Waals surface area contributed by atoms with Crippen LogP contribution in [0.1, 0.15) is 37.6 Å². The SMILES string of the molecule is COC(=O)CC(NC(C)(C)C)C(=O)c1ccccc1. The normalized spacial score (nSPS) is 12.8. The lowest BCUT2D eigenvalue weighted by atomic mass is 9.98. The van der Waals surface area contributed by atoms with Gasteiger partial charge < -0.3 is 10.1 Å². The topological polar surface area (TPSA) is 55.4 Å². The van der Waals surface area contributed by atoms with E-state index in [2.05, 4.69) is 10.1 Å². The number of nitrogens with one attached hydrogen (secondary N) is 1. The van der Waals surface area contributed by atoms with E-state index in [4.69, 9.17) is 0 Å². The zero-order valence-electron chi connectivity index (χ0n) is 11.9. The van der Waals surface area contributed by atoms with Crippen LogP contribution in [-0.2, 0) is 9.53 Å². The summed E-state index contributed by atoms with van der Waals surface area (Å²) in [6.07, 6.45) is 0.0293. The Labute approximate surface area is 114 Å². The van der Waals surface area contributed by atoms with Gasteiger partial charge >= 0.3 is 5.97 Å². The van der Waals surface area contributed by atoms with E-state index in [1.54, 1.807) is 24.3 Å². The fourth-order valence-corrected chi connectivity index (χ4v) is 1.79. The van der Waals surface area contributed by atoms with Crippen molar-refractivity contribution in [1.29, 1.82) is 0 Å². The highest BCUT2D eigenvalue weighted by molar-refractivity contribution is 6.01. The third-order valence-corrected chi connectivity index (χ3v) is 2.58. The van der Waals surface area contributed by atoms with E-state index in [0.29, 0.717) is 5.56 Å². The molecule has 0 aliphatic heterocycles. The third-order valence-electron chi connectivity index (χ3n) is 2.58. The molecule has 0 aliphatic carbocycles. The number of carbonyl (C=O) groups excluding carboxylic acids is 2. The number of hydrogen-bond acceptors (Lipinski definition) is 4. The van der Waals surface area contributed by atoms with Crippen molar-refractivity contribution >= 4 is 11.8 Å². The molecule has 0 aliphatic rings. The molecule has 1 aromatic rings. The molecular weight excluding hydrogens is 242 g/mol. The molecule has 0 spiro atoms. The Hall–Kier alpha value is -1.68. The van der Waals surface area contributed by atoms with Gasteiger partial charge in [-0.1, -0.05) is 30.3 Å². The van der Waals surface area contributed by atoms with E-state index in [9.17, 15) is 9.59 Å². The standard InChI is InChI=1S/C15H21NO3/c1-15(2,3)16-12(10-13(17)19-4)14(18)11-8-6-5-7-9-11/h5-9,12,16H,10H2,1-4H3. The van der Waals surface area contributed by atoms with E-state index < -0.39 is 12.0 Å². The zero-order valence-corrected chi connectivity index (χ0v) is 11.9. The molecule has 0 amide bonds. The average molecular weight is 263 g/mol. The molecule has 0 saturated heterocycles. The molecule has 1 aromatic carbocycles. The second kappa shape index (κ2) is 6.48. The van der Waals surface area contributed by atoms with Crippen LogP contribution in [0.15, 0.2) is 30.3 Å². The maximum Gasteiger partial charge on any atom is 0.307 e. The van der Waals surface area contributed by atoms with Gasteiger partial charge in [0.15, 0.2) is 5.78 Å². The molecule has 1 rings (SSSR count). The van der Waals surface area contributed by atoms with Crippen LogP contribution in [0.25, 0.3) is 0 Å². The second-order valence-corrected chi connectivity index (χ2v) is 5.46. The van der Waals surface area contributed by atoms with Crippen LogP contribution in [-0.4, -0.2) is 30.4 Å². The summed E-state index contributed by atoms with van der Waals surface area (Å²) >= 11 is 0. The van der Waals surface area contributed by atoms with E-state index in [-0.39, 0.29) is 17.7 Å². The first kappa shape index (κ1) is 15.4. The van der Waals surface area contributed by atoms with Crippen molar-refractivity contribution in [3.63, 3.8) is 0 Å². The van der Waals surface area contributed by atoms with E-state index in [0.717, 1.165) is 0 Å². The summed E-state index contributed by atoms with van der Waals surface area (Å²) in [7, 11) is 1.32. The number of methoxy groups -OCH3 is 1. The van der Waals surface area contributed by atoms with Crippen molar-refractivity contribution in [1.82, 2.24) is 5.32 Å². The van der Waals surface area contributed by atoms with Gasteiger partial charge in [0.1, 0.15) is 0 Å².